The fourth-order valence-electron chi connectivity index (χ4n) is 1.26. The number of methoxy groups -OCH3 is 1. The van der Waals surface area contributed by atoms with Crippen molar-refractivity contribution in [1.29, 1.82) is 0 Å². The minimum Gasteiger partial charge on any atom is -0.497 e. The van der Waals surface area contributed by atoms with Gasteiger partial charge < -0.3 is 4.74 Å². The van der Waals surface area contributed by atoms with E-state index in [0.717, 1.165) is 12.0 Å². The summed E-state index contributed by atoms with van der Waals surface area (Å²) < 4.78 is 18.2. The zero-order valence-electron chi connectivity index (χ0n) is 8.30. The standard InChI is InChI=1S/C11H15FO/c1-8(2)6-9-4-5-10(13-3)7-11(9)12/h4-5,7-8H,6H2,1-3H3. The fraction of sp³-hybridized carbons (Fsp3) is 0.455. The molecule has 0 radical (unpaired) electrons. The Morgan fingerprint density at radius 2 is 2.08 bits per heavy atom. The number of hydrogen-bond acceptors (Lipinski definition) is 1. The number of halogens is 1. The van der Waals surface area contributed by atoms with Crippen molar-refractivity contribution in [3.8, 4) is 5.75 Å². The maximum atomic E-state index is 13.3. The van der Waals surface area contributed by atoms with Crippen molar-refractivity contribution >= 4 is 0 Å². The Morgan fingerprint density at radius 3 is 2.54 bits per heavy atom. The van der Waals surface area contributed by atoms with Gasteiger partial charge in [0.1, 0.15) is 11.6 Å². The predicted molar refractivity (Wildman–Crippen MR) is 51.5 cm³/mol. The zero-order valence-corrected chi connectivity index (χ0v) is 8.30. The van der Waals surface area contributed by atoms with Gasteiger partial charge in [-0.15, -0.1) is 0 Å². The lowest BCUT2D eigenvalue weighted by Gasteiger charge is -2.07. The topological polar surface area (TPSA) is 9.23 Å². The summed E-state index contributed by atoms with van der Waals surface area (Å²) in [7, 11) is 1.54. The summed E-state index contributed by atoms with van der Waals surface area (Å²) in [5, 5.41) is 0. The molecule has 0 saturated carbocycles. The molecular weight excluding hydrogens is 167 g/mol. The Hall–Kier alpha value is -1.05. The molecule has 1 aromatic carbocycles. The van der Waals surface area contributed by atoms with E-state index in [9.17, 15) is 4.39 Å². The highest BCUT2D eigenvalue weighted by molar-refractivity contribution is 5.29. The summed E-state index contributed by atoms with van der Waals surface area (Å²) >= 11 is 0. The highest BCUT2D eigenvalue weighted by Crippen LogP contribution is 2.18. The molecule has 0 N–H and O–H groups in total. The molecule has 0 bridgehead atoms. The lowest BCUT2D eigenvalue weighted by molar-refractivity contribution is 0.410. The van der Waals surface area contributed by atoms with Crippen molar-refractivity contribution < 1.29 is 9.13 Å². The second-order valence-electron chi connectivity index (χ2n) is 3.56. The number of benzene rings is 1. The van der Waals surface area contributed by atoms with Gasteiger partial charge in [-0.05, 0) is 24.0 Å². The Balaban J connectivity index is 2.85. The van der Waals surface area contributed by atoms with E-state index in [1.54, 1.807) is 12.1 Å². The summed E-state index contributed by atoms with van der Waals surface area (Å²) in [5.41, 5.74) is 0.760. The summed E-state index contributed by atoms with van der Waals surface area (Å²) in [6.45, 7) is 4.15. The van der Waals surface area contributed by atoms with Crippen LogP contribution in [0.2, 0.25) is 0 Å². The molecule has 0 aliphatic rings. The van der Waals surface area contributed by atoms with E-state index in [4.69, 9.17) is 4.74 Å². The predicted octanol–water partition coefficient (Wildman–Crippen LogP) is 3.03. The molecule has 0 heterocycles. The van der Waals surface area contributed by atoms with E-state index in [1.165, 1.54) is 13.2 Å². The molecule has 0 aromatic heterocycles. The van der Waals surface area contributed by atoms with Gasteiger partial charge in [-0.3, -0.25) is 0 Å². The van der Waals surface area contributed by atoms with Gasteiger partial charge in [0.15, 0.2) is 0 Å². The SMILES string of the molecule is COc1ccc(CC(C)C)c(F)c1. The van der Waals surface area contributed by atoms with Crippen LogP contribution in [0.5, 0.6) is 5.75 Å². The molecule has 0 fully saturated rings. The largest absolute Gasteiger partial charge is 0.497 e. The van der Waals surface area contributed by atoms with Crippen molar-refractivity contribution in [2.45, 2.75) is 20.3 Å². The van der Waals surface area contributed by atoms with E-state index >= 15 is 0 Å². The summed E-state index contributed by atoms with van der Waals surface area (Å²) in [5.74, 6) is 0.876. The van der Waals surface area contributed by atoms with Crippen LogP contribution in [0, 0.1) is 11.7 Å². The van der Waals surface area contributed by atoms with Crippen LogP contribution < -0.4 is 4.74 Å². The minimum atomic E-state index is -0.173. The van der Waals surface area contributed by atoms with E-state index in [2.05, 4.69) is 13.8 Å². The van der Waals surface area contributed by atoms with Crippen LogP contribution in [0.15, 0.2) is 18.2 Å². The molecule has 0 atom stereocenters. The fourth-order valence-corrected chi connectivity index (χ4v) is 1.26. The molecule has 1 nitrogen and oxygen atoms in total. The summed E-state index contributed by atoms with van der Waals surface area (Å²) in [6, 6.07) is 5.01. The van der Waals surface area contributed by atoms with Gasteiger partial charge in [-0.1, -0.05) is 19.9 Å². The Labute approximate surface area is 78.5 Å². The second-order valence-corrected chi connectivity index (χ2v) is 3.56. The molecule has 0 aliphatic heterocycles. The van der Waals surface area contributed by atoms with Crippen LogP contribution in [0.4, 0.5) is 4.39 Å². The first-order valence-corrected chi connectivity index (χ1v) is 4.46. The van der Waals surface area contributed by atoms with Crippen LogP contribution in [-0.4, -0.2) is 7.11 Å². The molecule has 72 valence electrons. The lowest BCUT2D eigenvalue weighted by Crippen LogP contribution is -1.97. The van der Waals surface area contributed by atoms with Gasteiger partial charge in [-0.2, -0.15) is 0 Å². The average molecular weight is 182 g/mol. The van der Waals surface area contributed by atoms with E-state index < -0.39 is 0 Å². The minimum absolute atomic E-state index is 0.173. The van der Waals surface area contributed by atoms with Gasteiger partial charge in [0.25, 0.3) is 0 Å². The summed E-state index contributed by atoms with van der Waals surface area (Å²) in [6.07, 6.45) is 0.774. The first-order valence-electron chi connectivity index (χ1n) is 4.46. The number of ether oxygens (including phenoxy) is 1. The van der Waals surface area contributed by atoms with Crippen molar-refractivity contribution in [3.63, 3.8) is 0 Å². The second kappa shape index (κ2) is 4.26. The molecule has 13 heavy (non-hydrogen) atoms. The highest BCUT2D eigenvalue weighted by atomic mass is 19.1. The number of hydrogen-bond donors (Lipinski definition) is 0. The highest BCUT2D eigenvalue weighted by Gasteiger charge is 2.05. The van der Waals surface area contributed by atoms with Crippen molar-refractivity contribution in [3.05, 3.63) is 29.6 Å². The average Bonchev–Trinajstić information content (AvgIpc) is 2.08. The zero-order chi connectivity index (χ0) is 9.84. The van der Waals surface area contributed by atoms with Crippen LogP contribution in [0.3, 0.4) is 0 Å². The van der Waals surface area contributed by atoms with Crippen LogP contribution in [-0.2, 0) is 6.42 Å². The Kier molecular flexibility index (Phi) is 3.29. The molecule has 0 saturated heterocycles. The van der Waals surface area contributed by atoms with E-state index in [-0.39, 0.29) is 5.82 Å². The Morgan fingerprint density at radius 1 is 1.38 bits per heavy atom. The number of rotatable bonds is 3. The van der Waals surface area contributed by atoms with Gasteiger partial charge in [0.05, 0.1) is 7.11 Å². The normalized spacial score (nSPS) is 10.5. The summed E-state index contributed by atoms with van der Waals surface area (Å²) in [4.78, 5) is 0. The maximum Gasteiger partial charge on any atom is 0.130 e. The third-order valence-electron chi connectivity index (χ3n) is 1.89. The maximum absolute atomic E-state index is 13.3. The first-order chi connectivity index (χ1) is 6.13. The molecule has 0 unspecified atom stereocenters. The third-order valence-corrected chi connectivity index (χ3v) is 1.89. The molecule has 1 aromatic rings. The van der Waals surface area contributed by atoms with E-state index in [1.807, 2.05) is 0 Å². The van der Waals surface area contributed by atoms with E-state index in [0.29, 0.717) is 11.7 Å². The smallest absolute Gasteiger partial charge is 0.130 e. The van der Waals surface area contributed by atoms with Crippen LogP contribution >= 0.6 is 0 Å². The molecule has 2 heteroatoms. The molecule has 0 aliphatic carbocycles. The quantitative estimate of drug-likeness (QED) is 0.698. The van der Waals surface area contributed by atoms with Crippen LogP contribution in [0.1, 0.15) is 19.4 Å². The lowest BCUT2D eigenvalue weighted by atomic mass is 10.0. The molecule has 0 amide bonds. The monoisotopic (exact) mass is 182 g/mol. The Bertz CT molecular complexity index is 281. The molecule has 1 rings (SSSR count). The third kappa shape index (κ3) is 2.72. The van der Waals surface area contributed by atoms with Crippen molar-refractivity contribution in [1.82, 2.24) is 0 Å². The van der Waals surface area contributed by atoms with Crippen LogP contribution in [0.25, 0.3) is 0 Å². The molecule has 0 spiro atoms. The van der Waals surface area contributed by atoms with Gasteiger partial charge in [-0.25, -0.2) is 4.39 Å². The van der Waals surface area contributed by atoms with Crippen molar-refractivity contribution in [2.75, 3.05) is 7.11 Å². The first kappa shape index (κ1) is 10.0. The van der Waals surface area contributed by atoms with Crippen molar-refractivity contribution in [2.24, 2.45) is 5.92 Å². The van der Waals surface area contributed by atoms with Gasteiger partial charge in [0, 0.05) is 6.07 Å². The van der Waals surface area contributed by atoms with Gasteiger partial charge >= 0.3 is 0 Å². The van der Waals surface area contributed by atoms with Gasteiger partial charge in [0.2, 0.25) is 0 Å². The molecular formula is C11H15FO.